The van der Waals surface area contributed by atoms with Crippen molar-refractivity contribution < 1.29 is 37.0 Å². The van der Waals surface area contributed by atoms with E-state index >= 15 is 0 Å². The molecule has 0 spiro atoms. The van der Waals surface area contributed by atoms with E-state index in [1.807, 2.05) is 36.4 Å². The molecule has 0 radical (unpaired) electrons. The third-order valence-electron chi connectivity index (χ3n) is 15.3. The zero-order chi connectivity index (χ0) is 56.8. The third-order valence-corrected chi connectivity index (χ3v) is 16.1. The van der Waals surface area contributed by atoms with Crippen LogP contribution >= 0.6 is 0 Å². The summed E-state index contributed by atoms with van der Waals surface area (Å²) in [5.74, 6) is -0.762. The summed E-state index contributed by atoms with van der Waals surface area (Å²) >= 11 is 0. The van der Waals surface area contributed by atoms with Crippen molar-refractivity contribution in [1.29, 1.82) is 0 Å². The van der Waals surface area contributed by atoms with Gasteiger partial charge in [0.2, 0.25) is 11.6 Å². The summed E-state index contributed by atoms with van der Waals surface area (Å²) < 4.78 is 42.2. The maximum absolute atomic E-state index is 13.5. The second kappa shape index (κ2) is 24.0. The van der Waals surface area contributed by atoms with Gasteiger partial charge in [-0.3, -0.25) is 19.1 Å². The minimum Gasteiger partial charge on any atom is -0.480 e. The van der Waals surface area contributed by atoms with Crippen LogP contribution in [-0.2, 0) is 38.7 Å². The largest absolute Gasteiger partial charge is 0.480 e. The highest BCUT2D eigenvalue weighted by Crippen LogP contribution is 2.48. The first-order valence-electron chi connectivity index (χ1n) is 27.4. The monoisotopic (exact) mass is 1100 g/mol. The van der Waals surface area contributed by atoms with Crippen molar-refractivity contribution in [3.05, 3.63) is 188 Å². The number of carboxylic acids is 1. The molecule has 9 rings (SSSR count). The molecular formula is C62H70N9O8S+. The van der Waals surface area contributed by atoms with Gasteiger partial charge in [-0.2, -0.15) is 18.0 Å². The molecule has 17 nitrogen and oxygen atoms in total. The fraction of sp³-hybridized carbons (Fsp3) is 0.339. The van der Waals surface area contributed by atoms with Crippen LogP contribution in [0.2, 0.25) is 0 Å². The fourth-order valence-corrected chi connectivity index (χ4v) is 11.6. The predicted octanol–water partition coefficient (Wildman–Crippen LogP) is 10.2. The molecule has 3 aliphatic rings. The molecule has 1 atom stereocenters. The van der Waals surface area contributed by atoms with Crippen molar-refractivity contribution in [2.24, 2.45) is 0 Å². The van der Waals surface area contributed by atoms with Crippen molar-refractivity contribution in [1.82, 2.24) is 25.3 Å². The molecule has 4 aromatic carbocycles. The van der Waals surface area contributed by atoms with Gasteiger partial charge in [0.15, 0.2) is 16.9 Å². The van der Waals surface area contributed by atoms with Crippen LogP contribution in [0.1, 0.15) is 119 Å². The minimum absolute atomic E-state index is 0.0180. The summed E-state index contributed by atoms with van der Waals surface area (Å²) in [6.45, 7) is 12.9. The number of nitrogen functional groups attached to an aromatic ring is 1. The Kier molecular flexibility index (Phi) is 17.0. The average Bonchev–Trinajstić information content (AvgIpc) is 4.03. The first-order chi connectivity index (χ1) is 38.3. The van der Waals surface area contributed by atoms with Gasteiger partial charge in [-0.1, -0.05) is 81.8 Å². The number of carbonyl (C=O) groups is 2. The molecule has 0 fully saturated rings. The molecule has 4 heterocycles. The normalized spacial score (nSPS) is 17.1. The van der Waals surface area contributed by atoms with Crippen molar-refractivity contribution in [2.75, 3.05) is 34.8 Å². The van der Waals surface area contributed by atoms with E-state index in [1.54, 1.807) is 24.3 Å². The van der Waals surface area contributed by atoms with E-state index in [1.165, 1.54) is 28.7 Å². The predicted molar refractivity (Wildman–Crippen MR) is 313 cm³/mol. The number of aliphatic carboxylic acids is 1. The molecule has 2 aliphatic heterocycles. The second-order valence-corrected chi connectivity index (χ2v) is 23.3. The third kappa shape index (κ3) is 12.8. The van der Waals surface area contributed by atoms with Gasteiger partial charge in [0.05, 0.1) is 29.6 Å². The molecule has 1 amide bonds. The number of allylic oxidation sites excluding steroid dienone is 7. The highest BCUT2D eigenvalue weighted by atomic mass is 32.2. The molecule has 0 bridgehead atoms. The zero-order valence-corrected chi connectivity index (χ0v) is 46.8. The van der Waals surface area contributed by atoms with Crippen molar-refractivity contribution in [3.8, 4) is 5.75 Å². The number of rotatable bonds is 22. The Morgan fingerprint density at radius 1 is 0.887 bits per heavy atom. The van der Waals surface area contributed by atoms with Crippen LogP contribution in [0.5, 0.6) is 5.75 Å². The fourth-order valence-electron chi connectivity index (χ4n) is 11.0. The molecule has 7 N–H and O–H groups in total. The lowest BCUT2D eigenvalue weighted by Crippen LogP contribution is -2.42. The smallest absolute Gasteiger partial charge is 0.326 e. The zero-order valence-electron chi connectivity index (χ0n) is 46.0. The molecule has 416 valence electrons. The van der Waals surface area contributed by atoms with E-state index in [2.05, 4.69) is 135 Å². The molecule has 1 aliphatic carbocycles. The van der Waals surface area contributed by atoms with Gasteiger partial charge < -0.3 is 31.1 Å². The summed E-state index contributed by atoms with van der Waals surface area (Å²) in [6, 6.07) is 29.6. The summed E-state index contributed by atoms with van der Waals surface area (Å²) in [5, 5.41) is 16.2. The Labute approximate surface area is 466 Å². The number of amides is 1. The Bertz CT molecular complexity index is 3660. The quantitative estimate of drug-likeness (QED) is 0.0210. The number of nitrogens with zero attached hydrogens (tertiary/aromatic N) is 5. The Hall–Kier alpha value is -8.22. The molecular weight excluding hydrogens is 1030 g/mol. The Morgan fingerprint density at radius 2 is 1.62 bits per heavy atom. The topological polar surface area (TPSA) is 246 Å². The number of hydrogen-bond acceptors (Lipinski definition) is 12. The standard InChI is InChI=1S/C62H69N9O8S/c1-6-7-12-34-70-50-20-10-8-18-47(50)61(2,3)52(70)32-26-41-16-15-17-42(27-33-53-62(4,5)48-19-9-11-21-51(48)71(53)35-13-14-36-80(76,77)78)55(41)79-46-30-22-40(23-31-46)37-49(59(74)75)67-57(72)43-24-28-44(29-25-43)64-38-45-39-65-56-54(66-45)58(73)69-60(63)68-56/h8-11,18-33,39,49H,6-7,12-17,34-38H2,1-5H3,(H6-,63,64,65,67,68,69,72,73,74,75,76,77,78)/p+1. The van der Waals surface area contributed by atoms with Crippen molar-refractivity contribution in [2.45, 2.75) is 116 Å². The van der Waals surface area contributed by atoms with Gasteiger partial charge >= 0.3 is 5.97 Å². The van der Waals surface area contributed by atoms with Crippen LogP contribution in [-0.4, -0.2) is 85.1 Å². The molecule has 0 saturated carbocycles. The number of para-hydroxylation sites is 2. The number of hydrogen-bond donors (Lipinski definition) is 6. The van der Waals surface area contributed by atoms with Crippen LogP contribution in [0.4, 0.5) is 23.0 Å². The second-order valence-electron chi connectivity index (χ2n) is 21.7. The molecule has 80 heavy (non-hydrogen) atoms. The summed E-state index contributed by atoms with van der Waals surface area (Å²) in [4.78, 5) is 55.6. The van der Waals surface area contributed by atoms with E-state index in [4.69, 9.17) is 10.5 Å². The van der Waals surface area contributed by atoms with Crippen LogP contribution in [0.3, 0.4) is 0 Å². The molecule has 1 unspecified atom stereocenters. The van der Waals surface area contributed by atoms with E-state index in [-0.39, 0.29) is 52.2 Å². The number of carboxylic acid groups (broad SMARTS) is 1. The number of H-pyrrole nitrogens is 1. The van der Waals surface area contributed by atoms with Gasteiger partial charge in [-0.05, 0) is 129 Å². The molecule has 6 aromatic rings. The molecule has 2 aromatic heterocycles. The number of aromatic nitrogens is 4. The Balaban J connectivity index is 0.964. The van der Waals surface area contributed by atoms with Crippen molar-refractivity contribution >= 4 is 61.9 Å². The number of anilines is 3. The Morgan fingerprint density at radius 3 is 2.36 bits per heavy atom. The first kappa shape index (κ1) is 56.5. The maximum atomic E-state index is 13.5. The van der Waals surface area contributed by atoms with E-state index in [9.17, 15) is 32.5 Å². The average molecular weight is 1100 g/mol. The van der Waals surface area contributed by atoms with E-state index < -0.39 is 33.6 Å². The summed E-state index contributed by atoms with van der Waals surface area (Å²) in [6.07, 6.45) is 17.0. The number of benzene rings is 4. The number of unbranched alkanes of at least 4 members (excludes halogenated alkanes) is 3. The SMILES string of the molecule is CCCCC[N+]1=C(/C=C/C2=C(Oc3ccc(CC(NC(=O)c4ccc(NCc5cnc6nc(N)[nH]c(=O)c6n5)cc4)C(=O)O)cc3)C(=C/C=C3/N(CCCCS(=O)(=O)O)c4ccccc4C3(C)C)/CCC2)C(C)(C)c2ccccc21. The lowest BCUT2D eigenvalue weighted by Gasteiger charge is -2.27. The number of ether oxygens (including phenoxy) is 1. The van der Waals surface area contributed by atoms with Gasteiger partial charge in [-0.25, -0.2) is 14.8 Å². The first-order valence-corrected chi connectivity index (χ1v) is 29.0. The highest BCUT2D eigenvalue weighted by molar-refractivity contribution is 7.85. The number of nitrogens with two attached hydrogens (primary N) is 1. The van der Waals surface area contributed by atoms with Crippen LogP contribution in [0.25, 0.3) is 11.2 Å². The number of aromatic amines is 1. The molecule has 0 saturated heterocycles. The van der Waals surface area contributed by atoms with Gasteiger partial charge in [-0.15, -0.1) is 0 Å². The van der Waals surface area contributed by atoms with E-state index in [0.29, 0.717) is 42.1 Å². The lowest BCUT2D eigenvalue weighted by atomic mass is 9.81. The number of nitrogens with one attached hydrogen (secondary N) is 3. The number of fused-ring (bicyclic) bond motifs is 3. The lowest BCUT2D eigenvalue weighted by molar-refractivity contribution is -0.438. The minimum atomic E-state index is -4.08. The van der Waals surface area contributed by atoms with Crippen LogP contribution < -0.4 is 31.6 Å². The highest BCUT2D eigenvalue weighted by Gasteiger charge is 2.44. The number of carbonyl (C=O) groups excluding carboxylic acids is 1. The summed E-state index contributed by atoms with van der Waals surface area (Å²) in [7, 11) is -4.08. The van der Waals surface area contributed by atoms with Crippen molar-refractivity contribution in [3.63, 3.8) is 0 Å². The molecule has 18 heteroatoms. The van der Waals surface area contributed by atoms with E-state index in [0.717, 1.165) is 73.4 Å². The van der Waals surface area contributed by atoms with Crippen LogP contribution in [0.15, 0.2) is 155 Å². The van der Waals surface area contributed by atoms with Gasteiger partial charge in [0.1, 0.15) is 24.1 Å². The van der Waals surface area contributed by atoms with Gasteiger partial charge in [0, 0.05) is 65.1 Å². The van der Waals surface area contributed by atoms with Crippen LogP contribution in [0, 0.1) is 0 Å². The summed E-state index contributed by atoms with van der Waals surface area (Å²) in [5.41, 5.74) is 15.9. The van der Waals surface area contributed by atoms with Gasteiger partial charge in [0.25, 0.3) is 21.6 Å². The maximum Gasteiger partial charge on any atom is 0.326 e.